The molecule has 0 amide bonds. The van der Waals surface area contributed by atoms with Crippen LogP contribution in [0.25, 0.3) is 0 Å². The molecule has 100 valence electrons. The Kier molecular flexibility index (Phi) is 6.83. The third-order valence-electron chi connectivity index (χ3n) is 2.36. The maximum Gasteiger partial charge on any atom is 0.144 e. The number of carbonyl (C=O) groups excluding carboxylic acids is 1. The van der Waals surface area contributed by atoms with Gasteiger partial charge in [-0.2, -0.15) is 4.40 Å². The molecule has 0 bridgehead atoms. The summed E-state index contributed by atoms with van der Waals surface area (Å²) in [4.78, 5) is 11.0. The van der Waals surface area contributed by atoms with Crippen molar-refractivity contribution in [3.63, 3.8) is 0 Å². The quantitative estimate of drug-likeness (QED) is 0.687. The minimum absolute atomic E-state index is 0.199. The van der Waals surface area contributed by atoms with E-state index in [0.717, 1.165) is 18.6 Å². The number of nitrogens with zero attached hydrogens (tertiary/aromatic N) is 1. The van der Waals surface area contributed by atoms with E-state index in [4.69, 9.17) is 0 Å². The number of Topliss-reactive ketones (excluding diaryl/α,β-unsaturated/α-hetero) is 1. The lowest BCUT2D eigenvalue weighted by Gasteiger charge is -2.16. The van der Waals surface area contributed by atoms with Crippen molar-refractivity contribution >= 4 is 22.5 Å². The molecular weight excluding hydrogens is 234 g/mol. The van der Waals surface area contributed by atoms with E-state index in [2.05, 4.69) is 4.40 Å². The Hall–Kier alpha value is -0.510. The van der Waals surface area contributed by atoms with Crippen molar-refractivity contribution in [2.45, 2.75) is 65.6 Å². The second-order valence-electron chi connectivity index (χ2n) is 5.59. The van der Waals surface area contributed by atoms with Crippen LogP contribution in [0.4, 0.5) is 0 Å². The Bertz CT molecular complexity index is 316. The molecule has 0 aromatic rings. The lowest BCUT2D eigenvalue weighted by molar-refractivity contribution is -0.117. The van der Waals surface area contributed by atoms with Gasteiger partial charge in [-0.3, -0.25) is 0 Å². The summed E-state index contributed by atoms with van der Waals surface area (Å²) in [5.74, 6) is 0.480. The largest absolute Gasteiger partial charge is 0.300 e. The molecule has 0 aromatic heterocycles. The van der Waals surface area contributed by atoms with Gasteiger partial charge in [-0.05, 0) is 46.5 Å². The van der Waals surface area contributed by atoms with Crippen LogP contribution in [-0.2, 0) is 15.8 Å². The third-order valence-corrected chi connectivity index (χ3v) is 3.84. The van der Waals surface area contributed by atoms with Gasteiger partial charge >= 0.3 is 0 Å². The first-order chi connectivity index (χ1) is 7.66. The topological polar surface area (TPSA) is 46.5 Å². The standard InChI is InChI=1S/C13H25NO2S/c1-7-12(9-10(2)8-11(3)15)14-17(16)13(4,5)6/h10H,7-9H2,1-6H3/b14-12+/t10-,17+/m0/s1. The summed E-state index contributed by atoms with van der Waals surface area (Å²) < 4.78 is 15.9. The van der Waals surface area contributed by atoms with Gasteiger partial charge in [0.2, 0.25) is 0 Å². The Morgan fingerprint density at radius 3 is 2.18 bits per heavy atom. The molecule has 0 saturated carbocycles. The molecule has 0 unspecified atom stereocenters. The predicted molar refractivity (Wildman–Crippen MR) is 74.7 cm³/mol. The fraction of sp³-hybridized carbons (Fsp3) is 0.846. The average molecular weight is 259 g/mol. The summed E-state index contributed by atoms with van der Waals surface area (Å²) in [6, 6.07) is 0. The van der Waals surface area contributed by atoms with E-state index >= 15 is 0 Å². The Balaban J connectivity index is 4.58. The summed E-state index contributed by atoms with van der Waals surface area (Å²) in [6.45, 7) is 11.4. The van der Waals surface area contributed by atoms with Crippen LogP contribution in [0, 0.1) is 5.92 Å². The highest BCUT2D eigenvalue weighted by Gasteiger charge is 2.20. The molecule has 0 radical (unpaired) electrons. The van der Waals surface area contributed by atoms with Crippen LogP contribution in [0.3, 0.4) is 0 Å². The molecule has 0 aliphatic carbocycles. The minimum atomic E-state index is -1.19. The monoisotopic (exact) mass is 259 g/mol. The Morgan fingerprint density at radius 1 is 1.29 bits per heavy atom. The van der Waals surface area contributed by atoms with Gasteiger partial charge in [0.25, 0.3) is 0 Å². The highest BCUT2D eigenvalue weighted by atomic mass is 32.2. The van der Waals surface area contributed by atoms with Crippen molar-refractivity contribution in [3.05, 3.63) is 0 Å². The average Bonchev–Trinajstić information content (AvgIpc) is 2.13. The fourth-order valence-corrected chi connectivity index (χ4v) is 2.18. The zero-order valence-corrected chi connectivity index (χ0v) is 12.7. The smallest absolute Gasteiger partial charge is 0.144 e. The predicted octanol–water partition coefficient (Wildman–Crippen LogP) is 3.30. The zero-order chi connectivity index (χ0) is 13.6. The minimum Gasteiger partial charge on any atom is -0.300 e. The van der Waals surface area contributed by atoms with E-state index in [-0.39, 0.29) is 16.4 Å². The molecule has 2 atom stereocenters. The molecule has 0 fully saturated rings. The molecular formula is C13H25NO2S. The maximum absolute atomic E-state index is 11.9. The second kappa shape index (κ2) is 7.04. The molecule has 0 aliphatic heterocycles. The molecule has 0 rings (SSSR count). The van der Waals surface area contributed by atoms with Crippen LogP contribution in [-0.4, -0.2) is 20.5 Å². The molecule has 0 aliphatic rings. The van der Waals surface area contributed by atoms with Crippen molar-refractivity contribution in [2.24, 2.45) is 10.3 Å². The second-order valence-corrected chi connectivity index (χ2v) is 7.49. The van der Waals surface area contributed by atoms with Crippen LogP contribution in [0.5, 0.6) is 0 Å². The molecule has 0 heterocycles. The van der Waals surface area contributed by atoms with Crippen LogP contribution < -0.4 is 0 Å². The van der Waals surface area contributed by atoms with Crippen LogP contribution in [0.1, 0.15) is 60.8 Å². The highest BCUT2D eigenvalue weighted by molar-refractivity contribution is 7.85. The molecule has 0 N–H and O–H groups in total. The van der Waals surface area contributed by atoms with E-state index in [1.54, 1.807) is 6.92 Å². The number of hydrogen-bond donors (Lipinski definition) is 0. The normalized spacial score (nSPS) is 16.7. The number of ketones is 1. The molecule has 3 nitrogen and oxygen atoms in total. The number of hydrogen-bond acceptors (Lipinski definition) is 2. The van der Waals surface area contributed by atoms with E-state index < -0.39 is 11.0 Å². The van der Waals surface area contributed by atoms with E-state index in [1.807, 2.05) is 34.6 Å². The van der Waals surface area contributed by atoms with Gasteiger partial charge in [-0.25, -0.2) is 4.21 Å². The molecule has 0 aromatic carbocycles. The lowest BCUT2D eigenvalue weighted by Crippen LogP contribution is -2.21. The van der Waals surface area contributed by atoms with Crippen molar-refractivity contribution in [1.82, 2.24) is 0 Å². The van der Waals surface area contributed by atoms with Crippen molar-refractivity contribution in [2.75, 3.05) is 0 Å². The Labute approximate surface area is 108 Å². The van der Waals surface area contributed by atoms with E-state index in [9.17, 15) is 9.00 Å². The highest BCUT2D eigenvalue weighted by Crippen LogP contribution is 2.16. The maximum atomic E-state index is 11.9. The van der Waals surface area contributed by atoms with E-state index in [1.165, 1.54) is 0 Å². The summed E-state index contributed by atoms with van der Waals surface area (Å²) >= 11 is 0. The number of carbonyl (C=O) groups is 1. The molecule has 0 spiro atoms. The van der Waals surface area contributed by atoms with Crippen molar-refractivity contribution in [3.8, 4) is 0 Å². The van der Waals surface area contributed by atoms with Crippen LogP contribution >= 0.6 is 0 Å². The fourth-order valence-electron chi connectivity index (χ4n) is 1.47. The first kappa shape index (κ1) is 16.5. The van der Waals surface area contributed by atoms with Crippen LogP contribution in [0.15, 0.2) is 4.40 Å². The van der Waals surface area contributed by atoms with Gasteiger partial charge in [-0.1, -0.05) is 13.8 Å². The van der Waals surface area contributed by atoms with Gasteiger partial charge in [0.1, 0.15) is 16.8 Å². The summed E-state index contributed by atoms with van der Waals surface area (Å²) in [6.07, 6.45) is 2.13. The third kappa shape index (κ3) is 7.42. The molecule has 4 heteroatoms. The van der Waals surface area contributed by atoms with Gasteiger partial charge in [-0.15, -0.1) is 0 Å². The van der Waals surface area contributed by atoms with Gasteiger partial charge in [0.15, 0.2) is 0 Å². The summed E-state index contributed by atoms with van der Waals surface area (Å²) in [5, 5.41) is 0. The first-order valence-electron chi connectivity index (χ1n) is 6.14. The zero-order valence-electron chi connectivity index (χ0n) is 11.9. The van der Waals surface area contributed by atoms with E-state index in [0.29, 0.717) is 6.42 Å². The van der Waals surface area contributed by atoms with Gasteiger partial charge in [0, 0.05) is 12.1 Å². The number of rotatable bonds is 6. The lowest BCUT2D eigenvalue weighted by atomic mass is 9.98. The van der Waals surface area contributed by atoms with Crippen LogP contribution in [0.2, 0.25) is 0 Å². The SMILES string of the molecule is CC/C(C[C@@H](C)CC(C)=O)=N\[S@](=O)C(C)(C)C. The van der Waals surface area contributed by atoms with Crippen molar-refractivity contribution in [1.29, 1.82) is 0 Å². The summed E-state index contributed by atoms with van der Waals surface area (Å²) in [7, 11) is -1.19. The van der Waals surface area contributed by atoms with Gasteiger partial charge in [0.05, 0.1) is 4.75 Å². The first-order valence-corrected chi connectivity index (χ1v) is 7.25. The van der Waals surface area contributed by atoms with Crippen molar-refractivity contribution < 1.29 is 9.00 Å². The summed E-state index contributed by atoms with van der Waals surface area (Å²) in [5.41, 5.74) is 0.951. The molecule has 0 saturated heterocycles. The Morgan fingerprint density at radius 2 is 1.82 bits per heavy atom. The van der Waals surface area contributed by atoms with Gasteiger partial charge < -0.3 is 4.79 Å². The molecule has 17 heavy (non-hydrogen) atoms.